The Hall–Kier alpha value is -2.86. The molecular formula is C20H18FNO. The molecule has 2 aromatic rings. The normalized spacial score (nSPS) is 11.9. The number of terminal acetylenes is 1. The summed E-state index contributed by atoms with van der Waals surface area (Å²) in [5.41, 5.74) is 2.69. The lowest BCUT2D eigenvalue weighted by molar-refractivity contribution is 0.480. The Morgan fingerprint density at radius 2 is 1.70 bits per heavy atom. The summed E-state index contributed by atoms with van der Waals surface area (Å²) in [5.74, 6) is 3.53. The number of benzene rings is 2. The number of rotatable bonds is 5. The van der Waals surface area contributed by atoms with Crippen LogP contribution in [-0.4, -0.2) is 5.71 Å². The van der Waals surface area contributed by atoms with E-state index >= 15 is 0 Å². The lowest BCUT2D eigenvalue weighted by Crippen LogP contribution is -1.93. The summed E-state index contributed by atoms with van der Waals surface area (Å²) >= 11 is 0. The zero-order chi connectivity index (χ0) is 16.7. The smallest absolute Gasteiger partial charge is 0.127 e. The van der Waals surface area contributed by atoms with E-state index in [0.29, 0.717) is 23.6 Å². The molecule has 0 heterocycles. The van der Waals surface area contributed by atoms with Crippen molar-refractivity contribution in [2.24, 2.45) is 4.99 Å². The van der Waals surface area contributed by atoms with Crippen LogP contribution in [-0.2, 0) is 6.42 Å². The molecule has 0 bridgehead atoms. The van der Waals surface area contributed by atoms with Gasteiger partial charge in [-0.2, -0.15) is 0 Å². The lowest BCUT2D eigenvalue weighted by Gasteiger charge is -2.07. The average Bonchev–Trinajstić information content (AvgIpc) is 2.57. The first kappa shape index (κ1) is 16.5. The van der Waals surface area contributed by atoms with Crippen molar-refractivity contribution in [2.45, 2.75) is 20.3 Å². The maximum absolute atomic E-state index is 12.9. The SMILES string of the molecule is C#CC(C)=N/C(=C\C)Cc1ccc(Oc2ccc(F)cc2)cc1. The van der Waals surface area contributed by atoms with Crippen molar-refractivity contribution in [3.63, 3.8) is 0 Å². The molecule has 0 aliphatic carbocycles. The molecule has 0 N–H and O–H groups in total. The van der Waals surface area contributed by atoms with Crippen molar-refractivity contribution in [1.29, 1.82) is 0 Å². The van der Waals surface area contributed by atoms with Crippen molar-refractivity contribution < 1.29 is 9.13 Å². The van der Waals surface area contributed by atoms with Crippen LogP contribution in [0.5, 0.6) is 11.5 Å². The summed E-state index contributed by atoms with van der Waals surface area (Å²) in [6.45, 7) is 3.75. The highest BCUT2D eigenvalue weighted by Crippen LogP contribution is 2.22. The van der Waals surface area contributed by atoms with E-state index in [4.69, 9.17) is 11.2 Å². The minimum atomic E-state index is -0.283. The van der Waals surface area contributed by atoms with Crippen LogP contribution in [0.3, 0.4) is 0 Å². The van der Waals surface area contributed by atoms with Crippen molar-refractivity contribution in [2.75, 3.05) is 0 Å². The second-order valence-corrected chi connectivity index (χ2v) is 5.00. The molecule has 2 nitrogen and oxygen atoms in total. The van der Waals surface area contributed by atoms with E-state index in [1.807, 2.05) is 44.2 Å². The Morgan fingerprint density at radius 1 is 1.13 bits per heavy atom. The van der Waals surface area contributed by atoms with Gasteiger partial charge in [-0.25, -0.2) is 9.38 Å². The minimum Gasteiger partial charge on any atom is -0.457 e. The van der Waals surface area contributed by atoms with Crippen LogP contribution in [0.2, 0.25) is 0 Å². The highest BCUT2D eigenvalue weighted by atomic mass is 19.1. The van der Waals surface area contributed by atoms with E-state index in [1.165, 1.54) is 12.1 Å². The Morgan fingerprint density at radius 3 is 2.22 bits per heavy atom. The molecular weight excluding hydrogens is 289 g/mol. The third-order valence-electron chi connectivity index (χ3n) is 3.21. The molecule has 0 fully saturated rings. The third kappa shape index (κ3) is 5.12. The van der Waals surface area contributed by atoms with Gasteiger partial charge in [0.15, 0.2) is 0 Å². The van der Waals surface area contributed by atoms with Crippen molar-refractivity contribution in [1.82, 2.24) is 0 Å². The molecule has 2 aromatic carbocycles. The first-order valence-corrected chi connectivity index (χ1v) is 7.30. The fraction of sp³-hybridized carbons (Fsp3) is 0.150. The quantitative estimate of drug-likeness (QED) is 0.552. The molecule has 116 valence electrons. The van der Waals surface area contributed by atoms with E-state index in [9.17, 15) is 4.39 Å². The molecule has 3 heteroatoms. The van der Waals surface area contributed by atoms with E-state index in [2.05, 4.69) is 10.9 Å². The number of ether oxygens (including phenoxy) is 1. The topological polar surface area (TPSA) is 21.6 Å². The molecule has 0 aliphatic rings. The van der Waals surface area contributed by atoms with E-state index in [1.54, 1.807) is 12.1 Å². The van der Waals surface area contributed by atoms with Gasteiger partial charge in [0.25, 0.3) is 0 Å². The summed E-state index contributed by atoms with van der Waals surface area (Å²) in [6.07, 6.45) is 7.97. The van der Waals surface area contributed by atoms with Crippen molar-refractivity contribution >= 4 is 5.71 Å². The molecule has 0 aromatic heterocycles. The van der Waals surface area contributed by atoms with Gasteiger partial charge < -0.3 is 4.74 Å². The fourth-order valence-electron chi connectivity index (χ4n) is 1.98. The Kier molecular flexibility index (Phi) is 5.71. The summed E-state index contributed by atoms with van der Waals surface area (Å²) in [7, 11) is 0. The molecule has 23 heavy (non-hydrogen) atoms. The third-order valence-corrected chi connectivity index (χ3v) is 3.21. The maximum atomic E-state index is 12.9. The van der Waals surface area contributed by atoms with Gasteiger partial charge in [0, 0.05) is 12.1 Å². The monoisotopic (exact) mass is 307 g/mol. The highest BCUT2D eigenvalue weighted by Gasteiger charge is 2.01. The summed E-state index contributed by atoms with van der Waals surface area (Å²) < 4.78 is 18.5. The minimum absolute atomic E-state index is 0.283. The van der Waals surface area contributed by atoms with Gasteiger partial charge in [-0.05, 0) is 55.8 Å². The zero-order valence-corrected chi connectivity index (χ0v) is 13.2. The number of allylic oxidation sites excluding steroid dienone is 2. The van der Waals surface area contributed by atoms with Gasteiger partial charge in [-0.15, -0.1) is 6.42 Å². The molecule has 0 unspecified atom stereocenters. The predicted molar refractivity (Wildman–Crippen MR) is 92.3 cm³/mol. The molecule has 0 saturated carbocycles. The number of hydrogen-bond donors (Lipinski definition) is 0. The van der Waals surface area contributed by atoms with Gasteiger partial charge in [-0.1, -0.05) is 24.1 Å². The van der Waals surface area contributed by atoms with Crippen LogP contribution < -0.4 is 4.74 Å². The van der Waals surface area contributed by atoms with Crippen LogP contribution in [0, 0.1) is 18.2 Å². The van der Waals surface area contributed by atoms with Gasteiger partial charge in [0.1, 0.15) is 17.3 Å². The molecule has 0 aliphatic heterocycles. The van der Waals surface area contributed by atoms with Gasteiger partial charge in [0.2, 0.25) is 0 Å². The van der Waals surface area contributed by atoms with Crippen LogP contribution in [0.25, 0.3) is 0 Å². The zero-order valence-electron chi connectivity index (χ0n) is 13.2. The number of aliphatic imine (C=N–C) groups is 1. The fourth-order valence-corrected chi connectivity index (χ4v) is 1.98. The Bertz CT molecular complexity index is 750. The van der Waals surface area contributed by atoms with Gasteiger partial charge >= 0.3 is 0 Å². The molecule has 0 atom stereocenters. The van der Waals surface area contributed by atoms with Crippen LogP contribution >= 0.6 is 0 Å². The molecule has 0 amide bonds. The number of halogens is 1. The Labute approximate surface area is 136 Å². The Balaban J connectivity index is 2.04. The molecule has 2 rings (SSSR count). The molecule has 0 saturated heterocycles. The number of nitrogens with zero attached hydrogens (tertiary/aromatic N) is 1. The second kappa shape index (κ2) is 7.95. The van der Waals surface area contributed by atoms with E-state index in [-0.39, 0.29) is 5.82 Å². The van der Waals surface area contributed by atoms with Crippen LogP contribution in [0.15, 0.2) is 65.3 Å². The summed E-state index contributed by atoms with van der Waals surface area (Å²) in [4.78, 5) is 4.38. The van der Waals surface area contributed by atoms with E-state index in [0.717, 1.165) is 11.3 Å². The average molecular weight is 307 g/mol. The molecule has 0 spiro atoms. The predicted octanol–water partition coefficient (Wildman–Crippen LogP) is 5.16. The summed E-state index contributed by atoms with van der Waals surface area (Å²) in [5, 5.41) is 0. The van der Waals surface area contributed by atoms with Crippen LogP contribution in [0.4, 0.5) is 4.39 Å². The van der Waals surface area contributed by atoms with Crippen molar-refractivity contribution in [3.8, 4) is 23.8 Å². The maximum Gasteiger partial charge on any atom is 0.127 e. The van der Waals surface area contributed by atoms with Gasteiger partial charge in [0.05, 0.1) is 5.71 Å². The highest BCUT2D eigenvalue weighted by molar-refractivity contribution is 5.98. The van der Waals surface area contributed by atoms with Gasteiger partial charge in [-0.3, -0.25) is 0 Å². The van der Waals surface area contributed by atoms with Crippen molar-refractivity contribution in [3.05, 3.63) is 71.7 Å². The second-order valence-electron chi connectivity index (χ2n) is 5.00. The summed E-state index contributed by atoms with van der Waals surface area (Å²) in [6, 6.07) is 13.6. The van der Waals surface area contributed by atoms with Crippen LogP contribution in [0.1, 0.15) is 19.4 Å². The first-order chi connectivity index (χ1) is 11.1. The number of hydrogen-bond acceptors (Lipinski definition) is 2. The first-order valence-electron chi connectivity index (χ1n) is 7.30. The standard InChI is InChI=1S/C20H18FNO/c1-4-15(3)22-18(5-2)14-16-6-10-19(11-7-16)23-20-12-8-17(21)9-13-20/h1,5-13H,14H2,2-3H3/b18-5-,22-15?. The van der Waals surface area contributed by atoms with E-state index < -0.39 is 0 Å². The molecule has 0 radical (unpaired) electrons. The lowest BCUT2D eigenvalue weighted by atomic mass is 10.1. The largest absolute Gasteiger partial charge is 0.457 e.